The number of likely N-dealkylation sites (tertiary alicyclic amines) is 1. The molecule has 1 unspecified atom stereocenters. The van der Waals surface area contributed by atoms with Gasteiger partial charge in [0.15, 0.2) is 0 Å². The Labute approximate surface area is 265 Å². The molecule has 0 bridgehead atoms. The Morgan fingerprint density at radius 1 is 1.02 bits per heavy atom. The molecule has 238 valence electrons. The van der Waals surface area contributed by atoms with Crippen molar-refractivity contribution in [3.05, 3.63) is 77.5 Å². The number of piperidine rings is 1. The third kappa shape index (κ3) is 7.80. The summed E-state index contributed by atoms with van der Waals surface area (Å²) >= 11 is 0. The Kier molecular flexibility index (Phi) is 11.3. The van der Waals surface area contributed by atoms with Gasteiger partial charge in [-0.1, -0.05) is 12.1 Å². The number of carboxylic acid groups (broad SMARTS) is 1. The number of rotatable bonds is 7. The van der Waals surface area contributed by atoms with Crippen LogP contribution in [0.25, 0.3) is 11.1 Å². The van der Waals surface area contributed by atoms with E-state index in [9.17, 15) is 27.2 Å². The zero-order chi connectivity index (χ0) is 30.1. The molecule has 2 aromatic carbocycles. The van der Waals surface area contributed by atoms with Gasteiger partial charge < -0.3 is 15.3 Å². The SMILES string of the molecule is CC1CCCN1Cc1cc(NC(=O)c2ccc(N3CCC(F)(C(=O)O)CC3)cc2)ncc1-c1ccc(C(F)(F)F)cc1.Cl.Cl. The summed E-state index contributed by atoms with van der Waals surface area (Å²) in [6, 6.07) is 13.9. The minimum absolute atomic E-state index is 0. The Morgan fingerprint density at radius 2 is 1.66 bits per heavy atom. The quantitative estimate of drug-likeness (QED) is 0.261. The fraction of sp³-hybridized carbons (Fsp3) is 0.387. The van der Waals surface area contributed by atoms with Gasteiger partial charge in [-0.2, -0.15) is 13.2 Å². The van der Waals surface area contributed by atoms with Gasteiger partial charge >= 0.3 is 12.1 Å². The van der Waals surface area contributed by atoms with Crippen molar-refractivity contribution in [2.24, 2.45) is 0 Å². The lowest BCUT2D eigenvalue weighted by Gasteiger charge is -2.35. The van der Waals surface area contributed by atoms with Crippen LogP contribution in [0.3, 0.4) is 0 Å². The summed E-state index contributed by atoms with van der Waals surface area (Å²) in [6.45, 7) is 4.12. The molecule has 2 fully saturated rings. The van der Waals surface area contributed by atoms with Crippen molar-refractivity contribution in [1.29, 1.82) is 0 Å². The van der Waals surface area contributed by atoms with Gasteiger partial charge in [-0.3, -0.25) is 9.69 Å². The van der Waals surface area contributed by atoms with Crippen LogP contribution in [-0.2, 0) is 17.5 Å². The highest BCUT2D eigenvalue weighted by atomic mass is 35.5. The van der Waals surface area contributed by atoms with Crippen LogP contribution < -0.4 is 10.2 Å². The Hall–Kier alpha value is -3.41. The topological polar surface area (TPSA) is 85.8 Å². The summed E-state index contributed by atoms with van der Waals surface area (Å²) in [7, 11) is 0. The molecule has 1 aromatic heterocycles. The fourth-order valence-electron chi connectivity index (χ4n) is 5.59. The van der Waals surface area contributed by atoms with E-state index < -0.39 is 23.4 Å². The number of hydrogen-bond donors (Lipinski definition) is 2. The second-order valence-electron chi connectivity index (χ2n) is 11.0. The van der Waals surface area contributed by atoms with Gasteiger partial charge in [0.05, 0.1) is 5.56 Å². The molecule has 0 saturated carbocycles. The largest absolute Gasteiger partial charge is 0.479 e. The number of amides is 1. The number of hydrogen-bond acceptors (Lipinski definition) is 5. The maximum atomic E-state index is 14.4. The van der Waals surface area contributed by atoms with E-state index in [1.165, 1.54) is 12.1 Å². The monoisotopic (exact) mass is 656 g/mol. The highest BCUT2D eigenvalue weighted by Gasteiger charge is 2.41. The van der Waals surface area contributed by atoms with Crippen molar-refractivity contribution in [2.75, 3.05) is 29.9 Å². The van der Waals surface area contributed by atoms with E-state index in [1.54, 1.807) is 36.5 Å². The Morgan fingerprint density at radius 3 is 2.20 bits per heavy atom. The first-order chi connectivity index (χ1) is 19.9. The number of carboxylic acids is 1. The third-order valence-corrected chi connectivity index (χ3v) is 8.25. The van der Waals surface area contributed by atoms with Crippen LogP contribution in [0.4, 0.5) is 29.1 Å². The van der Waals surface area contributed by atoms with Gasteiger partial charge in [-0.25, -0.2) is 14.2 Å². The molecule has 1 amide bonds. The lowest BCUT2D eigenvalue weighted by Crippen LogP contribution is -2.46. The van der Waals surface area contributed by atoms with Crippen LogP contribution in [0.1, 0.15) is 54.1 Å². The van der Waals surface area contributed by atoms with E-state index in [2.05, 4.69) is 22.1 Å². The van der Waals surface area contributed by atoms with Crippen LogP contribution in [-0.4, -0.2) is 58.2 Å². The molecule has 2 aliphatic rings. The first-order valence-corrected chi connectivity index (χ1v) is 13.9. The van der Waals surface area contributed by atoms with Crippen molar-refractivity contribution in [1.82, 2.24) is 9.88 Å². The number of alkyl halides is 4. The van der Waals surface area contributed by atoms with Crippen molar-refractivity contribution in [2.45, 2.75) is 57.0 Å². The molecule has 5 rings (SSSR count). The predicted molar refractivity (Wildman–Crippen MR) is 166 cm³/mol. The molecule has 2 saturated heterocycles. The van der Waals surface area contributed by atoms with Crippen molar-refractivity contribution < 1.29 is 32.3 Å². The number of halogens is 6. The number of nitrogens with zero attached hydrogens (tertiary/aromatic N) is 3. The van der Waals surface area contributed by atoms with Crippen molar-refractivity contribution in [3.8, 4) is 11.1 Å². The molecule has 44 heavy (non-hydrogen) atoms. The van der Waals surface area contributed by atoms with E-state index in [1.807, 2.05) is 4.90 Å². The zero-order valence-corrected chi connectivity index (χ0v) is 25.6. The molecule has 0 aliphatic carbocycles. The van der Waals surface area contributed by atoms with Crippen LogP contribution >= 0.6 is 24.8 Å². The molecule has 3 aromatic rings. The fourth-order valence-corrected chi connectivity index (χ4v) is 5.59. The number of anilines is 2. The highest BCUT2D eigenvalue weighted by molar-refractivity contribution is 6.04. The average Bonchev–Trinajstić information content (AvgIpc) is 3.37. The number of benzene rings is 2. The molecule has 2 N–H and O–H groups in total. The molecule has 7 nitrogen and oxygen atoms in total. The maximum absolute atomic E-state index is 14.4. The summed E-state index contributed by atoms with van der Waals surface area (Å²) < 4.78 is 53.7. The first-order valence-electron chi connectivity index (χ1n) is 13.9. The minimum Gasteiger partial charge on any atom is -0.479 e. The van der Waals surface area contributed by atoms with Gasteiger partial charge in [0.25, 0.3) is 5.91 Å². The van der Waals surface area contributed by atoms with E-state index in [-0.39, 0.29) is 56.7 Å². The van der Waals surface area contributed by atoms with E-state index in [0.29, 0.717) is 35.1 Å². The molecule has 0 spiro atoms. The van der Waals surface area contributed by atoms with Crippen LogP contribution in [0.5, 0.6) is 0 Å². The number of aliphatic carboxylic acids is 1. The minimum atomic E-state index is -4.43. The summed E-state index contributed by atoms with van der Waals surface area (Å²) in [5.41, 5.74) is 0.365. The van der Waals surface area contributed by atoms with Crippen LogP contribution in [0.15, 0.2) is 60.8 Å². The van der Waals surface area contributed by atoms with E-state index >= 15 is 0 Å². The molecule has 0 radical (unpaired) electrons. The number of carbonyl (C=O) groups is 2. The first kappa shape index (κ1) is 35.1. The van der Waals surface area contributed by atoms with Crippen molar-refractivity contribution in [3.63, 3.8) is 0 Å². The van der Waals surface area contributed by atoms with Gasteiger partial charge in [0, 0.05) is 61.5 Å². The number of pyridine rings is 1. The molecular formula is C31H34Cl2F4N4O3. The number of aromatic nitrogens is 1. The Bertz CT molecular complexity index is 1450. The average molecular weight is 658 g/mol. The summed E-state index contributed by atoms with van der Waals surface area (Å²) in [6.07, 6.45) is -0.950. The lowest BCUT2D eigenvalue weighted by atomic mass is 9.93. The molecule has 1 atom stereocenters. The zero-order valence-electron chi connectivity index (χ0n) is 23.9. The van der Waals surface area contributed by atoms with Crippen LogP contribution in [0, 0.1) is 0 Å². The Balaban J connectivity index is 0.00000264. The van der Waals surface area contributed by atoms with Crippen molar-refractivity contribution >= 4 is 48.2 Å². The lowest BCUT2D eigenvalue weighted by molar-refractivity contribution is -0.152. The summed E-state index contributed by atoms with van der Waals surface area (Å²) in [5.74, 6) is -1.50. The number of carbonyl (C=O) groups excluding carboxylic acids is 1. The second-order valence-corrected chi connectivity index (χ2v) is 11.0. The second kappa shape index (κ2) is 14.1. The third-order valence-electron chi connectivity index (χ3n) is 8.25. The highest BCUT2D eigenvalue weighted by Crippen LogP contribution is 2.34. The smallest absolute Gasteiger partial charge is 0.416 e. The number of nitrogens with one attached hydrogen (secondary N) is 1. The summed E-state index contributed by atoms with van der Waals surface area (Å²) in [4.78, 5) is 32.8. The summed E-state index contributed by atoms with van der Waals surface area (Å²) in [5, 5.41) is 11.9. The predicted octanol–water partition coefficient (Wildman–Crippen LogP) is 7.24. The normalized spacial score (nSPS) is 18.2. The molecule has 2 aliphatic heterocycles. The van der Waals surface area contributed by atoms with E-state index in [0.717, 1.165) is 42.8 Å². The standard InChI is InChI=1S/C31H32F4N4O3.2ClH/c1-20-3-2-14-39(20)19-23-17-27(36-18-26(23)21-4-8-24(9-5-21)31(33,34)35)37-28(40)22-6-10-25(11-7-22)38-15-12-30(32,13-16-38)29(41)42;;/h4-11,17-18,20H,2-3,12-16,19H2,1H3,(H,41,42)(H,36,37,40);2*1H. The van der Waals surface area contributed by atoms with Gasteiger partial charge in [-0.15, -0.1) is 24.8 Å². The van der Waals surface area contributed by atoms with Gasteiger partial charge in [0.1, 0.15) is 5.82 Å². The van der Waals surface area contributed by atoms with Crippen LogP contribution in [0.2, 0.25) is 0 Å². The molecule has 13 heteroatoms. The van der Waals surface area contributed by atoms with Gasteiger partial charge in [-0.05, 0) is 79.9 Å². The van der Waals surface area contributed by atoms with E-state index in [4.69, 9.17) is 5.11 Å². The molecule has 3 heterocycles. The van der Waals surface area contributed by atoms with Gasteiger partial charge in [0.2, 0.25) is 5.67 Å². The maximum Gasteiger partial charge on any atom is 0.416 e. The molecular weight excluding hydrogens is 623 g/mol.